The highest BCUT2D eigenvalue weighted by atomic mass is 32.2. The van der Waals surface area contributed by atoms with Crippen LogP contribution in [0.15, 0.2) is 17.2 Å². The average molecular weight is 314 g/mol. The number of sulfonamides is 1. The third kappa shape index (κ3) is 2.98. The van der Waals surface area contributed by atoms with Crippen LogP contribution in [-0.4, -0.2) is 29.6 Å². The van der Waals surface area contributed by atoms with Gasteiger partial charge in [0.25, 0.3) is 0 Å². The summed E-state index contributed by atoms with van der Waals surface area (Å²) in [6, 6.07) is 1.11. The number of carbonyl (C=O) groups is 1. The number of carboxylic acid groups (broad SMARTS) is 1. The number of rotatable bonds is 6. The Bertz CT molecular complexity index is 636. The lowest BCUT2D eigenvalue weighted by atomic mass is 9.76. The van der Waals surface area contributed by atoms with E-state index in [1.165, 1.54) is 16.8 Å². The molecular weight excluding hydrogens is 292 g/mol. The Morgan fingerprint density at radius 3 is 2.43 bits per heavy atom. The van der Waals surface area contributed by atoms with Gasteiger partial charge in [0.05, 0.1) is 0 Å². The van der Waals surface area contributed by atoms with E-state index in [0.29, 0.717) is 0 Å². The fourth-order valence-electron chi connectivity index (χ4n) is 2.67. The summed E-state index contributed by atoms with van der Waals surface area (Å²) in [5.74, 6) is -1.13. The van der Waals surface area contributed by atoms with Gasteiger partial charge in [-0.2, -0.15) is 0 Å². The third-order valence-electron chi connectivity index (χ3n) is 4.25. The molecule has 2 rings (SSSR count). The maximum atomic E-state index is 12.5. The van der Waals surface area contributed by atoms with Crippen molar-refractivity contribution in [3.05, 3.63) is 18.0 Å². The first kappa shape index (κ1) is 16.0. The number of nitrogens with zero attached hydrogens (tertiary/aromatic N) is 1. The quantitative estimate of drug-likeness (QED) is 0.843. The Balaban J connectivity index is 2.36. The van der Waals surface area contributed by atoms with Gasteiger partial charge in [-0.25, -0.2) is 17.9 Å². The molecule has 0 unspecified atom stereocenters. The zero-order chi connectivity index (χ0) is 15.8. The van der Waals surface area contributed by atoms with E-state index in [-0.39, 0.29) is 22.2 Å². The highest BCUT2D eigenvalue weighted by Crippen LogP contribution is 2.36. The van der Waals surface area contributed by atoms with Gasteiger partial charge < -0.3 is 9.67 Å². The summed E-state index contributed by atoms with van der Waals surface area (Å²) in [6.45, 7) is 5.59. The van der Waals surface area contributed by atoms with Crippen molar-refractivity contribution in [1.82, 2.24) is 9.29 Å². The number of hydrogen-bond donors (Lipinski definition) is 2. The lowest BCUT2D eigenvalue weighted by molar-refractivity contribution is 0.0683. The number of hydrogen-bond acceptors (Lipinski definition) is 3. The minimum atomic E-state index is -3.69. The molecule has 7 heteroatoms. The Morgan fingerprint density at radius 1 is 1.48 bits per heavy atom. The Hall–Kier alpha value is -1.34. The van der Waals surface area contributed by atoms with Gasteiger partial charge in [0.1, 0.15) is 10.6 Å². The minimum Gasteiger partial charge on any atom is -0.477 e. The number of aromatic nitrogens is 1. The fraction of sp³-hybridized carbons (Fsp3) is 0.643. The summed E-state index contributed by atoms with van der Waals surface area (Å²) in [4.78, 5) is 11.3. The Morgan fingerprint density at radius 2 is 2.10 bits per heavy atom. The first-order chi connectivity index (χ1) is 9.71. The molecule has 0 atom stereocenters. The van der Waals surface area contributed by atoms with Gasteiger partial charge in [-0.3, -0.25) is 0 Å². The van der Waals surface area contributed by atoms with Crippen molar-refractivity contribution >= 4 is 16.0 Å². The van der Waals surface area contributed by atoms with Crippen molar-refractivity contribution in [1.29, 1.82) is 0 Å². The molecule has 0 spiro atoms. The molecule has 0 radical (unpaired) electrons. The predicted octanol–water partition coefficient (Wildman–Crippen LogP) is 2.38. The minimum absolute atomic E-state index is 0.00969. The molecule has 21 heavy (non-hydrogen) atoms. The lowest BCUT2D eigenvalue weighted by Crippen LogP contribution is -2.52. The molecule has 2 N–H and O–H groups in total. The van der Waals surface area contributed by atoms with Crippen LogP contribution in [0.5, 0.6) is 0 Å². The second-order valence-corrected chi connectivity index (χ2v) is 7.64. The molecule has 1 aliphatic carbocycles. The molecule has 1 heterocycles. The van der Waals surface area contributed by atoms with Crippen molar-refractivity contribution in [2.45, 2.75) is 62.9 Å². The van der Waals surface area contributed by atoms with Crippen LogP contribution in [-0.2, 0) is 10.0 Å². The summed E-state index contributed by atoms with van der Waals surface area (Å²) < 4.78 is 29.2. The van der Waals surface area contributed by atoms with Crippen LogP contribution in [0.3, 0.4) is 0 Å². The molecule has 0 bridgehead atoms. The zero-order valence-corrected chi connectivity index (χ0v) is 13.4. The van der Waals surface area contributed by atoms with Crippen molar-refractivity contribution in [3.8, 4) is 0 Å². The Labute approximate surface area is 125 Å². The molecule has 118 valence electrons. The smallest absolute Gasteiger partial charge is 0.352 e. The molecule has 1 aromatic heterocycles. The van der Waals surface area contributed by atoms with Gasteiger partial charge in [0.2, 0.25) is 10.0 Å². The van der Waals surface area contributed by atoms with Gasteiger partial charge in [-0.05, 0) is 45.6 Å². The molecule has 1 fully saturated rings. The lowest BCUT2D eigenvalue weighted by Gasteiger charge is -2.41. The van der Waals surface area contributed by atoms with Gasteiger partial charge in [-0.15, -0.1) is 0 Å². The van der Waals surface area contributed by atoms with Crippen molar-refractivity contribution in [2.75, 3.05) is 0 Å². The molecular formula is C14H22N2O4S. The normalized spacial score (nSPS) is 17.7. The largest absolute Gasteiger partial charge is 0.477 e. The fourth-order valence-corrected chi connectivity index (χ4v) is 4.23. The summed E-state index contributed by atoms with van der Waals surface area (Å²) in [6.07, 6.45) is 4.82. The number of aromatic carboxylic acids is 1. The second kappa shape index (κ2) is 5.46. The van der Waals surface area contributed by atoms with E-state index in [9.17, 15) is 18.3 Å². The van der Waals surface area contributed by atoms with E-state index < -0.39 is 16.0 Å². The van der Waals surface area contributed by atoms with Gasteiger partial charge in [-0.1, -0.05) is 6.92 Å². The van der Waals surface area contributed by atoms with Gasteiger partial charge >= 0.3 is 5.97 Å². The summed E-state index contributed by atoms with van der Waals surface area (Å²) >= 11 is 0. The first-order valence-electron chi connectivity index (χ1n) is 7.20. The SMILES string of the molecule is CCC1(NS(=O)(=O)c2cc(C(=O)O)n(C(C)C)c2)CCC1. The van der Waals surface area contributed by atoms with Crippen LogP contribution in [0.25, 0.3) is 0 Å². The maximum Gasteiger partial charge on any atom is 0.352 e. The topological polar surface area (TPSA) is 88.4 Å². The monoisotopic (exact) mass is 314 g/mol. The van der Waals surface area contributed by atoms with E-state index in [2.05, 4.69) is 4.72 Å². The highest BCUT2D eigenvalue weighted by molar-refractivity contribution is 7.89. The maximum absolute atomic E-state index is 12.5. The predicted molar refractivity (Wildman–Crippen MR) is 79.0 cm³/mol. The number of nitrogens with one attached hydrogen (secondary N) is 1. The number of carboxylic acids is 1. The van der Waals surface area contributed by atoms with E-state index in [1.807, 2.05) is 20.8 Å². The van der Waals surface area contributed by atoms with E-state index in [0.717, 1.165) is 25.7 Å². The molecule has 1 saturated carbocycles. The molecule has 0 amide bonds. The zero-order valence-electron chi connectivity index (χ0n) is 12.6. The standard InChI is InChI=1S/C14H22N2O4S/c1-4-14(6-5-7-14)15-21(19,20)11-8-12(13(17)18)16(9-11)10(2)3/h8-10,15H,4-7H2,1-3H3,(H,17,18). The van der Waals surface area contributed by atoms with E-state index in [1.54, 1.807) is 0 Å². The van der Waals surface area contributed by atoms with Crippen LogP contribution in [0.1, 0.15) is 63.0 Å². The van der Waals surface area contributed by atoms with Crippen molar-refractivity contribution in [3.63, 3.8) is 0 Å². The van der Waals surface area contributed by atoms with Gasteiger partial charge in [0.15, 0.2) is 0 Å². The average Bonchev–Trinajstić information content (AvgIpc) is 2.80. The second-order valence-electron chi connectivity index (χ2n) is 5.96. The summed E-state index contributed by atoms with van der Waals surface area (Å²) in [5, 5.41) is 9.19. The van der Waals surface area contributed by atoms with Crippen molar-refractivity contribution in [2.24, 2.45) is 0 Å². The van der Waals surface area contributed by atoms with Crippen LogP contribution in [0.2, 0.25) is 0 Å². The molecule has 1 aliphatic rings. The van der Waals surface area contributed by atoms with E-state index in [4.69, 9.17) is 0 Å². The Kier molecular flexibility index (Phi) is 4.17. The van der Waals surface area contributed by atoms with Gasteiger partial charge in [0, 0.05) is 17.8 Å². The molecule has 1 aromatic rings. The van der Waals surface area contributed by atoms with E-state index >= 15 is 0 Å². The van der Waals surface area contributed by atoms with Crippen LogP contribution in [0.4, 0.5) is 0 Å². The molecule has 6 nitrogen and oxygen atoms in total. The van der Waals surface area contributed by atoms with Crippen LogP contribution >= 0.6 is 0 Å². The molecule has 0 saturated heterocycles. The van der Waals surface area contributed by atoms with Crippen molar-refractivity contribution < 1.29 is 18.3 Å². The van der Waals surface area contributed by atoms with Crippen LogP contribution < -0.4 is 4.72 Å². The molecule has 0 aromatic carbocycles. The third-order valence-corrected chi connectivity index (χ3v) is 5.79. The van der Waals surface area contributed by atoms with Crippen LogP contribution in [0, 0.1) is 0 Å². The first-order valence-corrected chi connectivity index (χ1v) is 8.68. The molecule has 0 aliphatic heterocycles. The summed E-state index contributed by atoms with van der Waals surface area (Å²) in [5.41, 5.74) is -0.369. The summed E-state index contributed by atoms with van der Waals surface area (Å²) in [7, 11) is -3.69. The highest BCUT2D eigenvalue weighted by Gasteiger charge is 2.39.